The molecule has 0 amide bonds. The Morgan fingerprint density at radius 1 is 1.38 bits per heavy atom. The summed E-state index contributed by atoms with van der Waals surface area (Å²) in [5.41, 5.74) is 2.41. The van der Waals surface area contributed by atoms with Gasteiger partial charge in [-0.05, 0) is 36.6 Å². The van der Waals surface area contributed by atoms with Crippen LogP contribution < -0.4 is 0 Å². The molecule has 0 aliphatic heterocycles. The molecule has 0 heterocycles. The summed E-state index contributed by atoms with van der Waals surface area (Å²) in [5, 5.41) is 11.9. The fraction of sp³-hybridized carbons (Fsp3) is 0.308. The van der Waals surface area contributed by atoms with Crippen LogP contribution in [-0.2, 0) is 0 Å². The van der Waals surface area contributed by atoms with E-state index >= 15 is 0 Å². The highest BCUT2D eigenvalue weighted by Crippen LogP contribution is 2.10. The van der Waals surface area contributed by atoms with E-state index in [2.05, 4.69) is 5.16 Å². The lowest BCUT2D eigenvalue weighted by molar-refractivity contribution is 0.318. The lowest BCUT2D eigenvalue weighted by Crippen LogP contribution is -1.97. The largest absolute Gasteiger partial charge is 0.411 e. The van der Waals surface area contributed by atoms with E-state index in [0.29, 0.717) is 12.1 Å². The summed E-state index contributed by atoms with van der Waals surface area (Å²) in [4.78, 5) is 0. The highest BCUT2D eigenvalue weighted by atomic mass is 19.1. The molecule has 0 unspecified atom stereocenters. The van der Waals surface area contributed by atoms with Crippen LogP contribution in [0.1, 0.15) is 33.3 Å². The van der Waals surface area contributed by atoms with E-state index in [0.717, 1.165) is 11.1 Å². The minimum Gasteiger partial charge on any atom is -0.411 e. The Balaban J connectivity index is 0.00000225. The molecule has 88 valence electrons. The number of benzene rings is 1. The molecular weight excluding hydrogens is 205 g/mol. The highest BCUT2D eigenvalue weighted by molar-refractivity contribution is 6.02. The molecule has 0 aliphatic carbocycles. The van der Waals surface area contributed by atoms with E-state index in [9.17, 15) is 4.39 Å². The number of hydrogen-bond donors (Lipinski definition) is 1. The van der Waals surface area contributed by atoms with Gasteiger partial charge in [0.05, 0.1) is 5.71 Å². The third-order valence-corrected chi connectivity index (χ3v) is 2.16. The van der Waals surface area contributed by atoms with E-state index in [4.69, 9.17) is 5.21 Å². The third kappa shape index (κ3) is 3.85. The van der Waals surface area contributed by atoms with Crippen molar-refractivity contribution in [2.45, 2.75) is 27.7 Å². The first-order valence-electron chi connectivity index (χ1n) is 4.82. The third-order valence-electron chi connectivity index (χ3n) is 2.16. The molecule has 1 rings (SSSR count). The molecule has 3 heteroatoms. The maximum absolute atomic E-state index is 12.6. The molecule has 0 saturated heterocycles. The molecule has 1 aromatic rings. The number of oxime groups is 1. The zero-order valence-corrected chi connectivity index (χ0v) is 8.87. The van der Waals surface area contributed by atoms with E-state index in [1.165, 1.54) is 12.1 Å². The summed E-state index contributed by atoms with van der Waals surface area (Å²) in [6.07, 6.45) is 2.53. The number of hydrogen-bond acceptors (Lipinski definition) is 2. The van der Waals surface area contributed by atoms with Crippen molar-refractivity contribution in [3.63, 3.8) is 0 Å². The number of rotatable bonds is 3. The van der Waals surface area contributed by atoms with Gasteiger partial charge in [-0.2, -0.15) is 0 Å². The Labute approximate surface area is 96.1 Å². The number of allylic oxidation sites excluding steroid dienone is 1. The van der Waals surface area contributed by atoms with Crippen molar-refractivity contribution in [1.29, 1.82) is 0 Å². The van der Waals surface area contributed by atoms with Gasteiger partial charge in [0.25, 0.3) is 0 Å². The van der Waals surface area contributed by atoms with Gasteiger partial charge in [-0.15, -0.1) is 0 Å². The predicted molar refractivity (Wildman–Crippen MR) is 66.3 cm³/mol. The Morgan fingerprint density at radius 3 is 2.38 bits per heavy atom. The molecule has 0 saturated carbocycles. The van der Waals surface area contributed by atoms with Crippen LogP contribution in [0.2, 0.25) is 0 Å². The van der Waals surface area contributed by atoms with Gasteiger partial charge in [-0.25, -0.2) is 4.39 Å². The topological polar surface area (TPSA) is 32.6 Å². The molecule has 0 atom stereocenters. The second-order valence-electron chi connectivity index (χ2n) is 3.28. The molecule has 0 fully saturated rings. The molecule has 0 aromatic heterocycles. The van der Waals surface area contributed by atoms with Crippen LogP contribution in [0.5, 0.6) is 0 Å². The van der Waals surface area contributed by atoms with Gasteiger partial charge in [0, 0.05) is 0 Å². The summed E-state index contributed by atoms with van der Waals surface area (Å²) in [5.74, 6) is -0.253. The van der Waals surface area contributed by atoms with Crippen LogP contribution in [0, 0.1) is 5.82 Å². The normalized spacial score (nSPS) is 12.2. The van der Waals surface area contributed by atoms with E-state index in [1.807, 2.05) is 19.9 Å². The van der Waals surface area contributed by atoms with Crippen LogP contribution in [0.15, 0.2) is 35.0 Å². The SMILES string of the molecule is C.CCC(=N\O)/C(C)=C/c1ccc(F)cc1. The second kappa shape index (κ2) is 6.77. The van der Waals surface area contributed by atoms with Crippen molar-refractivity contribution in [2.75, 3.05) is 0 Å². The Hall–Kier alpha value is -1.64. The molecule has 1 N–H and O–H groups in total. The number of halogens is 1. The molecule has 1 aromatic carbocycles. The van der Waals surface area contributed by atoms with Crippen molar-refractivity contribution < 1.29 is 9.60 Å². The van der Waals surface area contributed by atoms with Gasteiger partial charge in [0.15, 0.2) is 0 Å². The van der Waals surface area contributed by atoms with Gasteiger partial charge in [0.1, 0.15) is 5.82 Å². The van der Waals surface area contributed by atoms with Crippen molar-refractivity contribution in [3.05, 3.63) is 41.2 Å². The molecule has 0 radical (unpaired) electrons. The van der Waals surface area contributed by atoms with Crippen molar-refractivity contribution in [2.24, 2.45) is 5.16 Å². The maximum atomic E-state index is 12.6. The lowest BCUT2D eigenvalue weighted by atomic mass is 10.1. The van der Waals surface area contributed by atoms with Gasteiger partial charge in [0.2, 0.25) is 0 Å². The first-order chi connectivity index (χ1) is 7.17. The summed E-state index contributed by atoms with van der Waals surface area (Å²) in [6.45, 7) is 3.78. The van der Waals surface area contributed by atoms with Crippen LogP contribution in [0.3, 0.4) is 0 Å². The fourth-order valence-corrected chi connectivity index (χ4v) is 1.32. The standard InChI is InChI=1S/C12H14FNO.CH4/c1-3-12(14-15)9(2)8-10-4-6-11(13)7-5-10;/h4-8,15H,3H2,1-2H3;1H4/b9-8+,14-12+;. The fourth-order valence-electron chi connectivity index (χ4n) is 1.32. The molecule has 0 spiro atoms. The average molecular weight is 223 g/mol. The molecule has 0 aliphatic rings. The minimum absolute atomic E-state index is 0. The maximum Gasteiger partial charge on any atom is 0.123 e. The summed E-state index contributed by atoms with van der Waals surface area (Å²) < 4.78 is 12.6. The number of nitrogens with zero attached hydrogens (tertiary/aromatic N) is 1. The van der Waals surface area contributed by atoms with Crippen molar-refractivity contribution in [3.8, 4) is 0 Å². The minimum atomic E-state index is -0.253. The van der Waals surface area contributed by atoms with Crippen LogP contribution in [-0.4, -0.2) is 10.9 Å². The van der Waals surface area contributed by atoms with Crippen molar-refractivity contribution in [1.82, 2.24) is 0 Å². The molecular formula is C13H18FNO. The molecule has 16 heavy (non-hydrogen) atoms. The Bertz CT molecular complexity index is 379. The lowest BCUT2D eigenvalue weighted by Gasteiger charge is -2.01. The quantitative estimate of drug-likeness (QED) is 0.467. The zero-order chi connectivity index (χ0) is 11.3. The molecule has 2 nitrogen and oxygen atoms in total. The summed E-state index contributed by atoms with van der Waals surface area (Å²) >= 11 is 0. The summed E-state index contributed by atoms with van der Waals surface area (Å²) in [6, 6.07) is 6.18. The Kier molecular flexibility index (Phi) is 6.08. The van der Waals surface area contributed by atoms with Crippen LogP contribution in [0.4, 0.5) is 4.39 Å². The average Bonchev–Trinajstić information content (AvgIpc) is 2.23. The van der Waals surface area contributed by atoms with Crippen molar-refractivity contribution >= 4 is 11.8 Å². The Morgan fingerprint density at radius 2 is 1.94 bits per heavy atom. The van der Waals surface area contributed by atoms with Gasteiger partial charge >= 0.3 is 0 Å². The second-order valence-corrected chi connectivity index (χ2v) is 3.28. The van der Waals surface area contributed by atoms with Gasteiger partial charge < -0.3 is 5.21 Å². The first kappa shape index (κ1) is 14.4. The van der Waals surface area contributed by atoms with E-state index in [1.54, 1.807) is 12.1 Å². The van der Waals surface area contributed by atoms with E-state index < -0.39 is 0 Å². The van der Waals surface area contributed by atoms with Gasteiger partial charge in [-0.1, -0.05) is 37.7 Å². The highest BCUT2D eigenvalue weighted by Gasteiger charge is 1.99. The zero-order valence-electron chi connectivity index (χ0n) is 8.87. The van der Waals surface area contributed by atoms with Crippen LogP contribution >= 0.6 is 0 Å². The first-order valence-corrected chi connectivity index (χ1v) is 4.82. The molecule has 0 bridgehead atoms. The smallest absolute Gasteiger partial charge is 0.123 e. The van der Waals surface area contributed by atoms with Gasteiger partial charge in [-0.3, -0.25) is 0 Å². The summed E-state index contributed by atoms with van der Waals surface area (Å²) in [7, 11) is 0. The monoisotopic (exact) mass is 223 g/mol. The van der Waals surface area contributed by atoms with Crippen LogP contribution in [0.25, 0.3) is 6.08 Å². The van der Waals surface area contributed by atoms with E-state index in [-0.39, 0.29) is 13.2 Å². The predicted octanol–water partition coefficient (Wildman–Crippen LogP) is 4.11.